The summed E-state index contributed by atoms with van der Waals surface area (Å²) >= 11 is 0. The maximum Gasteiger partial charge on any atom is 0.290 e. The Morgan fingerprint density at radius 1 is 1.13 bits per heavy atom. The molecule has 1 N–H and O–H groups in total. The Hall–Kier alpha value is -3.25. The van der Waals surface area contributed by atoms with Crippen LogP contribution in [0.3, 0.4) is 0 Å². The predicted octanol–water partition coefficient (Wildman–Crippen LogP) is 3.76. The number of carbonyl (C=O) groups is 2. The van der Waals surface area contributed by atoms with Crippen molar-refractivity contribution in [2.45, 2.75) is 12.5 Å². The molecule has 0 bridgehead atoms. The number of hydrogen-bond donors (Lipinski definition) is 1. The molecule has 6 heteroatoms. The van der Waals surface area contributed by atoms with Crippen LogP contribution < -0.4 is 0 Å². The zero-order valence-electron chi connectivity index (χ0n) is 17.1. The van der Waals surface area contributed by atoms with E-state index in [0.717, 1.165) is 12.1 Å². The molecule has 0 fully saturated rings. The van der Waals surface area contributed by atoms with Gasteiger partial charge in [-0.25, -0.2) is 4.39 Å². The van der Waals surface area contributed by atoms with Crippen molar-refractivity contribution in [2.24, 2.45) is 0 Å². The number of carbonyl (C=O) groups excluding carboxylic acids is 2. The molecule has 2 aromatic rings. The largest absolute Gasteiger partial charge is 0.503 e. The third kappa shape index (κ3) is 4.83. The highest BCUT2D eigenvalue weighted by atomic mass is 19.1. The molecule has 0 saturated carbocycles. The number of hydrogen-bond acceptors (Lipinski definition) is 4. The molecule has 1 atom stereocenters. The predicted molar refractivity (Wildman–Crippen MR) is 114 cm³/mol. The first kappa shape index (κ1) is 21.5. The normalized spacial score (nSPS) is 16.9. The number of nitrogens with zero attached hydrogens (tertiary/aromatic N) is 2. The van der Waals surface area contributed by atoms with E-state index in [2.05, 4.69) is 0 Å². The lowest BCUT2D eigenvalue weighted by atomic mass is 9.95. The van der Waals surface area contributed by atoms with Crippen LogP contribution in [0.25, 0.3) is 6.08 Å². The van der Waals surface area contributed by atoms with Crippen LogP contribution in [0.15, 0.2) is 72.0 Å². The number of aliphatic hydroxyl groups is 1. The highest BCUT2D eigenvalue weighted by molar-refractivity contribution is 6.14. The van der Waals surface area contributed by atoms with Gasteiger partial charge in [-0.1, -0.05) is 48.5 Å². The van der Waals surface area contributed by atoms with Gasteiger partial charge in [0.05, 0.1) is 11.6 Å². The molecule has 156 valence electrons. The second kappa shape index (κ2) is 9.50. The van der Waals surface area contributed by atoms with Gasteiger partial charge in [0.25, 0.3) is 5.91 Å². The van der Waals surface area contributed by atoms with Crippen LogP contribution in [-0.2, 0) is 9.59 Å². The number of ketones is 1. The molecule has 1 aliphatic heterocycles. The number of allylic oxidation sites excluding steroid dienone is 1. The van der Waals surface area contributed by atoms with E-state index in [1.54, 1.807) is 18.2 Å². The Bertz CT molecular complexity index is 966. The topological polar surface area (TPSA) is 60.9 Å². The van der Waals surface area contributed by atoms with Crippen LogP contribution in [0.2, 0.25) is 0 Å². The van der Waals surface area contributed by atoms with E-state index >= 15 is 0 Å². The molecule has 0 radical (unpaired) electrons. The molecule has 0 aromatic heterocycles. The number of rotatable bonds is 8. The van der Waals surface area contributed by atoms with E-state index in [1.807, 2.05) is 49.3 Å². The summed E-state index contributed by atoms with van der Waals surface area (Å²) in [6.45, 7) is 1.11. The number of amides is 1. The van der Waals surface area contributed by atoms with Crippen molar-refractivity contribution >= 4 is 17.8 Å². The summed E-state index contributed by atoms with van der Waals surface area (Å²) in [7, 11) is 3.87. The van der Waals surface area contributed by atoms with Gasteiger partial charge in [0.15, 0.2) is 11.5 Å². The van der Waals surface area contributed by atoms with E-state index in [4.69, 9.17) is 0 Å². The standard InChI is InChI=1S/C24H25FN2O3/c1-26(2)15-6-16-27-22(18-10-12-19(25)13-11-18)21(23(29)24(27)30)20(28)14-9-17-7-4-3-5-8-17/h3-5,7-14,22,29H,6,15-16H2,1-2H3/b14-9+. The van der Waals surface area contributed by atoms with Crippen LogP contribution in [0.5, 0.6) is 0 Å². The van der Waals surface area contributed by atoms with Gasteiger partial charge in [-0.3, -0.25) is 9.59 Å². The lowest BCUT2D eigenvalue weighted by molar-refractivity contribution is -0.129. The van der Waals surface area contributed by atoms with Crippen molar-refractivity contribution in [1.82, 2.24) is 9.80 Å². The van der Waals surface area contributed by atoms with Crippen molar-refractivity contribution in [1.29, 1.82) is 0 Å². The minimum absolute atomic E-state index is 0.0173. The minimum Gasteiger partial charge on any atom is -0.503 e. The van der Waals surface area contributed by atoms with Gasteiger partial charge < -0.3 is 14.9 Å². The highest BCUT2D eigenvalue weighted by Crippen LogP contribution is 2.38. The first-order valence-corrected chi connectivity index (χ1v) is 9.80. The first-order valence-electron chi connectivity index (χ1n) is 9.80. The Kier molecular flexibility index (Phi) is 6.79. The van der Waals surface area contributed by atoms with Crippen LogP contribution in [0.4, 0.5) is 4.39 Å². The molecule has 2 aromatic carbocycles. The van der Waals surface area contributed by atoms with E-state index < -0.39 is 29.3 Å². The number of halogens is 1. The molecular weight excluding hydrogens is 383 g/mol. The third-order valence-corrected chi connectivity index (χ3v) is 4.99. The van der Waals surface area contributed by atoms with Crippen LogP contribution in [-0.4, -0.2) is 53.8 Å². The molecule has 0 aliphatic carbocycles. The Morgan fingerprint density at radius 3 is 2.43 bits per heavy atom. The van der Waals surface area contributed by atoms with Crippen LogP contribution >= 0.6 is 0 Å². The summed E-state index contributed by atoms with van der Waals surface area (Å²) in [6.07, 6.45) is 3.67. The van der Waals surface area contributed by atoms with Crippen molar-refractivity contribution in [3.8, 4) is 0 Å². The van der Waals surface area contributed by atoms with E-state index in [1.165, 1.54) is 23.1 Å². The first-order chi connectivity index (χ1) is 14.4. The van der Waals surface area contributed by atoms with Gasteiger partial charge in [0.1, 0.15) is 5.82 Å². The van der Waals surface area contributed by atoms with Gasteiger partial charge in [-0.15, -0.1) is 0 Å². The molecular formula is C24H25FN2O3. The molecule has 1 unspecified atom stereocenters. The lowest BCUT2D eigenvalue weighted by Gasteiger charge is -2.27. The Balaban J connectivity index is 1.93. The number of aliphatic hydroxyl groups excluding tert-OH is 1. The van der Waals surface area contributed by atoms with Gasteiger partial charge in [0, 0.05) is 6.54 Å². The van der Waals surface area contributed by atoms with Crippen LogP contribution in [0, 0.1) is 5.82 Å². The summed E-state index contributed by atoms with van der Waals surface area (Å²) in [6, 6.07) is 14.2. The van der Waals surface area contributed by atoms with Gasteiger partial charge in [-0.05, 0) is 56.4 Å². The second-order valence-corrected chi connectivity index (χ2v) is 7.48. The average molecular weight is 408 g/mol. The maximum absolute atomic E-state index is 13.5. The average Bonchev–Trinajstić information content (AvgIpc) is 2.98. The highest BCUT2D eigenvalue weighted by Gasteiger charge is 2.42. The molecule has 1 heterocycles. The second-order valence-electron chi connectivity index (χ2n) is 7.48. The van der Waals surface area contributed by atoms with E-state index in [-0.39, 0.29) is 5.57 Å². The summed E-state index contributed by atoms with van der Waals surface area (Å²) < 4.78 is 13.5. The summed E-state index contributed by atoms with van der Waals surface area (Å²) in [4.78, 5) is 29.2. The maximum atomic E-state index is 13.5. The van der Waals surface area contributed by atoms with E-state index in [9.17, 15) is 19.1 Å². The van der Waals surface area contributed by atoms with Gasteiger partial charge in [0.2, 0.25) is 0 Å². The number of benzene rings is 2. The SMILES string of the molecule is CN(C)CCCN1C(=O)C(O)=C(C(=O)/C=C/c2ccccc2)C1c1ccc(F)cc1. The summed E-state index contributed by atoms with van der Waals surface area (Å²) in [5, 5.41) is 10.5. The van der Waals surface area contributed by atoms with Crippen LogP contribution in [0.1, 0.15) is 23.6 Å². The molecule has 3 rings (SSSR count). The lowest BCUT2D eigenvalue weighted by Crippen LogP contribution is -2.33. The smallest absolute Gasteiger partial charge is 0.290 e. The fraction of sp³-hybridized carbons (Fsp3) is 0.250. The molecule has 0 saturated heterocycles. The zero-order valence-corrected chi connectivity index (χ0v) is 17.1. The Labute approximate surface area is 175 Å². The Morgan fingerprint density at radius 2 is 1.80 bits per heavy atom. The summed E-state index contributed by atoms with van der Waals surface area (Å²) in [5.41, 5.74) is 1.43. The molecule has 1 amide bonds. The quantitative estimate of drug-likeness (QED) is 0.676. The van der Waals surface area contributed by atoms with Crippen molar-refractivity contribution < 1.29 is 19.1 Å². The fourth-order valence-corrected chi connectivity index (χ4v) is 3.51. The monoisotopic (exact) mass is 408 g/mol. The van der Waals surface area contributed by atoms with Gasteiger partial charge in [-0.2, -0.15) is 0 Å². The fourth-order valence-electron chi connectivity index (χ4n) is 3.51. The molecule has 0 spiro atoms. The van der Waals surface area contributed by atoms with Gasteiger partial charge >= 0.3 is 0 Å². The van der Waals surface area contributed by atoms with Crippen molar-refractivity contribution in [3.63, 3.8) is 0 Å². The van der Waals surface area contributed by atoms with Crippen molar-refractivity contribution in [2.75, 3.05) is 27.2 Å². The molecule has 30 heavy (non-hydrogen) atoms. The van der Waals surface area contributed by atoms with Crippen molar-refractivity contribution in [3.05, 3.63) is 88.9 Å². The minimum atomic E-state index is -0.756. The zero-order chi connectivity index (χ0) is 21.7. The molecule has 5 nitrogen and oxygen atoms in total. The van der Waals surface area contributed by atoms with E-state index in [0.29, 0.717) is 18.5 Å². The summed E-state index contributed by atoms with van der Waals surface area (Å²) in [5.74, 6) is -1.99. The molecule has 1 aliphatic rings. The third-order valence-electron chi connectivity index (χ3n) is 4.99.